The molecule has 5 nitrogen and oxygen atoms in total. The van der Waals surface area contributed by atoms with E-state index in [2.05, 4.69) is 5.32 Å². The van der Waals surface area contributed by atoms with Crippen LogP contribution in [0, 0.1) is 0 Å². The predicted octanol–water partition coefficient (Wildman–Crippen LogP) is 1.44. The van der Waals surface area contributed by atoms with Gasteiger partial charge in [0.1, 0.15) is 11.7 Å². The normalized spacial score (nSPS) is 18.9. The van der Waals surface area contributed by atoms with E-state index in [-0.39, 0.29) is 11.6 Å². The first-order valence-electron chi connectivity index (χ1n) is 7.35. The molecule has 118 valence electrons. The molecule has 0 aromatic heterocycles. The maximum Gasteiger partial charge on any atom is 0.180 e. The van der Waals surface area contributed by atoms with Crippen LogP contribution in [0.1, 0.15) is 54.4 Å². The smallest absolute Gasteiger partial charge is 0.180 e. The zero-order chi connectivity index (χ0) is 16.0. The van der Waals surface area contributed by atoms with Crippen LogP contribution in [0.4, 0.5) is 0 Å². The van der Waals surface area contributed by atoms with Gasteiger partial charge in [-0.25, -0.2) is 0 Å². The molecule has 0 saturated carbocycles. The Labute approximate surface area is 122 Å². The van der Waals surface area contributed by atoms with Gasteiger partial charge < -0.3 is 15.8 Å². The lowest BCUT2D eigenvalue weighted by Crippen LogP contribution is -2.56. The second-order valence-electron chi connectivity index (χ2n) is 5.67. The third kappa shape index (κ3) is 4.65. The summed E-state index contributed by atoms with van der Waals surface area (Å²) in [5.74, 6) is -0.109. The van der Waals surface area contributed by atoms with Crippen LogP contribution in [-0.2, 0) is 14.3 Å². The maximum atomic E-state index is 12.6. The van der Waals surface area contributed by atoms with Gasteiger partial charge in [0.2, 0.25) is 0 Å². The largest absolute Gasteiger partial charge is 0.357 e. The van der Waals surface area contributed by atoms with E-state index < -0.39 is 17.2 Å². The number of ether oxygens (including phenoxy) is 1. The average molecular weight is 286 g/mol. The molecule has 0 aliphatic rings. The molecule has 2 unspecified atom stereocenters. The van der Waals surface area contributed by atoms with Gasteiger partial charge in [0.15, 0.2) is 11.6 Å². The maximum absolute atomic E-state index is 12.6. The van der Waals surface area contributed by atoms with Crippen molar-refractivity contribution in [3.63, 3.8) is 0 Å². The van der Waals surface area contributed by atoms with Gasteiger partial charge in [0.05, 0.1) is 5.54 Å². The van der Waals surface area contributed by atoms with Crippen molar-refractivity contribution in [2.45, 2.75) is 71.6 Å². The molecule has 0 aromatic carbocycles. The summed E-state index contributed by atoms with van der Waals surface area (Å²) in [6, 6.07) is 0. The van der Waals surface area contributed by atoms with Crippen molar-refractivity contribution in [3.05, 3.63) is 0 Å². The van der Waals surface area contributed by atoms with Crippen molar-refractivity contribution in [2.24, 2.45) is 5.73 Å². The van der Waals surface area contributed by atoms with Gasteiger partial charge >= 0.3 is 0 Å². The summed E-state index contributed by atoms with van der Waals surface area (Å²) in [7, 11) is 0. The van der Waals surface area contributed by atoms with E-state index in [1.165, 1.54) is 6.92 Å². The molecule has 0 radical (unpaired) electrons. The topological polar surface area (TPSA) is 81.4 Å². The van der Waals surface area contributed by atoms with Crippen molar-refractivity contribution in [1.29, 1.82) is 0 Å². The van der Waals surface area contributed by atoms with Gasteiger partial charge in [0.25, 0.3) is 0 Å². The fraction of sp³-hybridized carbons (Fsp3) is 0.867. The van der Waals surface area contributed by atoms with Crippen LogP contribution in [0.25, 0.3) is 0 Å². The Kier molecular flexibility index (Phi) is 7.55. The number of carbonyl (C=O) groups is 2. The molecule has 0 amide bonds. The van der Waals surface area contributed by atoms with E-state index in [4.69, 9.17) is 10.5 Å². The minimum absolute atomic E-state index is 0.0469. The summed E-state index contributed by atoms with van der Waals surface area (Å²) >= 11 is 0. The summed E-state index contributed by atoms with van der Waals surface area (Å²) < 4.78 is 5.77. The molecule has 3 atom stereocenters. The van der Waals surface area contributed by atoms with Crippen LogP contribution >= 0.6 is 0 Å². The molecule has 0 bridgehead atoms. The number of Topliss-reactive ketones (excluding diaryl/α,β-unsaturated/α-hetero) is 2. The van der Waals surface area contributed by atoms with Gasteiger partial charge in [-0.2, -0.15) is 0 Å². The van der Waals surface area contributed by atoms with Gasteiger partial charge in [-0.1, -0.05) is 13.8 Å². The van der Waals surface area contributed by atoms with Crippen LogP contribution in [0.2, 0.25) is 0 Å². The Morgan fingerprint density at radius 2 is 1.80 bits per heavy atom. The third-order valence-corrected chi connectivity index (χ3v) is 4.14. The molecule has 0 saturated heterocycles. The van der Waals surface area contributed by atoms with E-state index >= 15 is 0 Å². The Balaban J connectivity index is 4.95. The van der Waals surface area contributed by atoms with Gasteiger partial charge in [-0.05, 0) is 40.5 Å². The Hall–Kier alpha value is -0.780. The lowest BCUT2D eigenvalue weighted by molar-refractivity contribution is -0.158. The highest BCUT2D eigenvalue weighted by Gasteiger charge is 2.39. The molecule has 3 N–H and O–H groups in total. The second kappa shape index (κ2) is 7.86. The lowest BCUT2D eigenvalue weighted by Gasteiger charge is -2.35. The zero-order valence-corrected chi connectivity index (χ0v) is 13.7. The van der Waals surface area contributed by atoms with Crippen LogP contribution in [0.3, 0.4) is 0 Å². The van der Waals surface area contributed by atoms with Crippen LogP contribution in [0.5, 0.6) is 0 Å². The van der Waals surface area contributed by atoms with Crippen LogP contribution in [-0.4, -0.2) is 41.9 Å². The summed E-state index contributed by atoms with van der Waals surface area (Å²) in [5.41, 5.74) is 3.90. The molecule has 20 heavy (non-hydrogen) atoms. The predicted molar refractivity (Wildman–Crippen MR) is 80.7 cm³/mol. The second-order valence-corrected chi connectivity index (χ2v) is 5.67. The minimum Gasteiger partial charge on any atom is -0.357 e. The third-order valence-electron chi connectivity index (χ3n) is 4.14. The first-order valence-corrected chi connectivity index (χ1v) is 7.35. The molecule has 0 spiro atoms. The molecule has 0 fully saturated rings. The van der Waals surface area contributed by atoms with Crippen molar-refractivity contribution >= 4 is 11.6 Å². The molecule has 0 rings (SSSR count). The van der Waals surface area contributed by atoms with Crippen molar-refractivity contribution in [1.82, 2.24) is 5.32 Å². The molecule has 0 aromatic rings. The molecule has 5 heteroatoms. The first kappa shape index (κ1) is 19.2. The summed E-state index contributed by atoms with van der Waals surface area (Å²) in [6.07, 6.45) is 0.542. The van der Waals surface area contributed by atoms with Gasteiger partial charge in [-0.15, -0.1) is 0 Å². The number of ketones is 2. The standard InChI is InChI=1S/C15H30N2O3/c1-7-14(5,17-10-9-16)13(19)11(3)20-15(6,8-2)12(4)18/h11,17H,7-10,16H2,1-6H3/t11-,14?,15?/m1/s1. The molecular formula is C15H30N2O3. The summed E-state index contributed by atoms with van der Waals surface area (Å²) in [4.78, 5) is 24.3. The molecule has 0 aliphatic carbocycles. The fourth-order valence-corrected chi connectivity index (χ4v) is 2.04. The highest BCUT2D eigenvalue weighted by Crippen LogP contribution is 2.22. The first-order chi connectivity index (χ1) is 9.16. The van der Waals surface area contributed by atoms with Crippen molar-refractivity contribution in [2.75, 3.05) is 13.1 Å². The number of carbonyl (C=O) groups excluding carboxylic acids is 2. The van der Waals surface area contributed by atoms with Crippen LogP contribution in [0.15, 0.2) is 0 Å². The quantitative estimate of drug-likeness (QED) is 0.635. The van der Waals surface area contributed by atoms with Crippen molar-refractivity contribution < 1.29 is 14.3 Å². The van der Waals surface area contributed by atoms with Crippen molar-refractivity contribution in [3.8, 4) is 0 Å². The average Bonchev–Trinajstić information content (AvgIpc) is 2.43. The van der Waals surface area contributed by atoms with E-state index in [1.807, 2.05) is 20.8 Å². The fourth-order valence-electron chi connectivity index (χ4n) is 2.04. The summed E-state index contributed by atoms with van der Waals surface area (Å²) in [6.45, 7) is 11.6. The highest BCUT2D eigenvalue weighted by atomic mass is 16.5. The number of hydrogen-bond acceptors (Lipinski definition) is 5. The molecule has 0 aliphatic heterocycles. The van der Waals surface area contributed by atoms with E-state index in [1.54, 1.807) is 13.8 Å². The lowest BCUT2D eigenvalue weighted by atomic mass is 9.89. The Bertz CT molecular complexity index is 346. The van der Waals surface area contributed by atoms with E-state index in [9.17, 15) is 9.59 Å². The van der Waals surface area contributed by atoms with Gasteiger partial charge in [0, 0.05) is 13.1 Å². The Morgan fingerprint density at radius 1 is 1.25 bits per heavy atom. The number of nitrogens with two attached hydrogens (primary N) is 1. The Morgan fingerprint density at radius 3 is 2.15 bits per heavy atom. The number of rotatable bonds is 10. The van der Waals surface area contributed by atoms with E-state index in [0.717, 1.165) is 0 Å². The SMILES string of the molecule is CCC(C)(NCCN)C(=O)[C@@H](C)OC(C)(CC)C(C)=O. The van der Waals surface area contributed by atoms with E-state index in [0.29, 0.717) is 25.9 Å². The summed E-state index contributed by atoms with van der Waals surface area (Å²) in [5, 5.41) is 3.17. The van der Waals surface area contributed by atoms with Gasteiger partial charge in [-0.3, -0.25) is 9.59 Å². The molecular weight excluding hydrogens is 256 g/mol. The zero-order valence-electron chi connectivity index (χ0n) is 13.7. The highest BCUT2D eigenvalue weighted by molar-refractivity contribution is 5.92. The minimum atomic E-state index is -0.905. The number of nitrogens with one attached hydrogen (secondary N) is 1. The monoisotopic (exact) mass is 286 g/mol. The number of hydrogen-bond donors (Lipinski definition) is 2. The molecule has 0 heterocycles. The van der Waals surface area contributed by atoms with Crippen LogP contribution < -0.4 is 11.1 Å².